The molecule has 2 heteroatoms. The van der Waals surface area contributed by atoms with Crippen molar-refractivity contribution in [3.8, 4) is 0 Å². The molecule has 0 N–H and O–H groups in total. The maximum atomic E-state index is 3.54. The monoisotopic (exact) mass is 247 g/mol. The van der Waals surface area contributed by atoms with E-state index in [0.29, 0.717) is 0 Å². The van der Waals surface area contributed by atoms with Gasteiger partial charge in [-0.25, -0.2) is 0 Å². The highest BCUT2D eigenvalue weighted by Gasteiger charge is 2.25. The van der Waals surface area contributed by atoms with Crippen LogP contribution in [0.1, 0.15) is 27.2 Å². The van der Waals surface area contributed by atoms with Gasteiger partial charge in [0.05, 0.1) is 0 Å². The minimum atomic E-state index is 0.797. The number of likely N-dealkylation sites (tertiary alicyclic amines) is 1. The van der Waals surface area contributed by atoms with Gasteiger partial charge in [-0.05, 0) is 30.7 Å². The van der Waals surface area contributed by atoms with Crippen molar-refractivity contribution in [2.24, 2.45) is 17.8 Å². The molecular weight excluding hydrogens is 226 g/mol. The molecule has 2 unspecified atom stereocenters. The molecule has 0 amide bonds. The first kappa shape index (κ1) is 11.5. The molecule has 1 saturated heterocycles. The van der Waals surface area contributed by atoms with Crippen LogP contribution in [0.3, 0.4) is 0 Å². The van der Waals surface area contributed by atoms with Gasteiger partial charge in [0.15, 0.2) is 0 Å². The molecule has 0 aliphatic carbocycles. The van der Waals surface area contributed by atoms with Gasteiger partial charge in [-0.2, -0.15) is 0 Å². The number of rotatable bonds is 4. The predicted octanol–water partition coefficient (Wildman–Crippen LogP) is 3.00. The van der Waals surface area contributed by atoms with E-state index in [1.54, 1.807) is 0 Å². The maximum absolute atomic E-state index is 3.54. The van der Waals surface area contributed by atoms with Crippen molar-refractivity contribution < 1.29 is 0 Å². The summed E-state index contributed by atoms with van der Waals surface area (Å²) in [4.78, 5) is 2.62. The fourth-order valence-corrected chi connectivity index (χ4v) is 2.27. The van der Waals surface area contributed by atoms with Crippen LogP contribution in [0, 0.1) is 17.8 Å². The molecule has 0 aromatic carbocycles. The molecule has 2 atom stereocenters. The van der Waals surface area contributed by atoms with Gasteiger partial charge in [0.1, 0.15) is 0 Å². The van der Waals surface area contributed by atoms with Crippen molar-refractivity contribution in [2.75, 3.05) is 25.0 Å². The largest absolute Gasteiger partial charge is 0.303 e. The van der Waals surface area contributed by atoms with Gasteiger partial charge < -0.3 is 4.90 Å². The van der Waals surface area contributed by atoms with Crippen molar-refractivity contribution >= 4 is 15.9 Å². The fraction of sp³-hybridized carbons (Fsp3) is 1.00. The number of hydrogen-bond donors (Lipinski definition) is 0. The topological polar surface area (TPSA) is 3.24 Å². The van der Waals surface area contributed by atoms with Gasteiger partial charge in [-0.3, -0.25) is 0 Å². The Morgan fingerprint density at radius 1 is 1.38 bits per heavy atom. The van der Waals surface area contributed by atoms with Gasteiger partial charge in [0.2, 0.25) is 0 Å². The Labute approximate surface area is 91.0 Å². The Balaban J connectivity index is 2.25. The lowest BCUT2D eigenvalue weighted by atomic mass is 9.95. The number of halogens is 1. The van der Waals surface area contributed by atoms with Crippen molar-refractivity contribution in [3.63, 3.8) is 0 Å². The molecule has 0 radical (unpaired) electrons. The van der Waals surface area contributed by atoms with Crippen molar-refractivity contribution in [1.82, 2.24) is 4.90 Å². The number of hydrogen-bond acceptors (Lipinski definition) is 1. The third kappa shape index (κ3) is 3.59. The van der Waals surface area contributed by atoms with Crippen LogP contribution < -0.4 is 0 Å². The first-order valence-electron chi connectivity index (χ1n) is 5.41. The first-order valence-corrected chi connectivity index (χ1v) is 6.54. The lowest BCUT2D eigenvalue weighted by Gasteiger charge is -2.20. The minimum absolute atomic E-state index is 0.797. The van der Waals surface area contributed by atoms with Gasteiger partial charge in [0.25, 0.3) is 0 Å². The van der Waals surface area contributed by atoms with E-state index in [1.807, 2.05) is 0 Å². The van der Waals surface area contributed by atoms with Crippen LogP contribution >= 0.6 is 15.9 Å². The molecule has 1 aliphatic rings. The van der Waals surface area contributed by atoms with Crippen LogP contribution in [0.2, 0.25) is 0 Å². The number of alkyl halides is 1. The van der Waals surface area contributed by atoms with Crippen molar-refractivity contribution in [2.45, 2.75) is 27.2 Å². The van der Waals surface area contributed by atoms with Crippen LogP contribution in [0.15, 0.2) is 0 Å². The van der Waals surface area contributed by atoms with E-state index in [-0.39, 0.29) is 0 Å². The summed E-state index contributed by atoms with van der Waals surface area (Å²) in [6, 6.07) is 0. The van der Waals surface area contributed by atoms with Crippen LogP contribution in [-0.4, -0.2) is 29.9 Å². The van der Waals surface area contributed by atoms with E-state index in [0.717, 1.165) is 23.1 Å². The van der Waals surface area contributed by atoms with Crippen LogP contribution in [0.5, 0.6) is 0 Å². The third-order valence-corrected chi connectivity index (χ3v) is 4.19. The Morgan fingerprint density at radius 2 is 2.08 bits per heavy atom. The summed E-state index contributed by atoms with van der Waals surface area (Å²) in [5, 5.41) is 1.13. The lowest BCUT2D eigenvalue weighted by molar-refractivity contribution is 0.276. The second-order valence-electron chi connectivity index (χ2n) is 4.81. The van der Waals surface area contributed by atoms with Crippen molar-refractivity contribution in [1.29, 1.82) is 0 Å². The molecule has 0 spiro atoms. The molecule has 1 rings (SSSR count). The molecule has 0 saturated carbocycles. The molecule has 1 heterocycles. The summed E-state index contributed by atoms with van der Waals surface area (Å²) < 4.78 is 0. The highest BCUT2D eigenvalue weighted by Crippen LogP contribution is 2.24. The summed E-state index contributed by atoms with van der Waals surface area (Å²) in [7, 11) is 0. The molecule has 1 fully saturated rings. The molecular formula is C11H22BrN. The smallest absolute Gasteiger partial charge is 0.00692 e. The molecule has 78 valence electrons. The SMILES string of the molecule is CC(CBr)CN1CCC(C(C)C)C1. The zero-order chi connectivity index (χ0) is 9.84. The Morgan fingerprint density at radius 3 is 2.54 bits per heavy atom. The standard InChI is InChI=1S/C11H22BrN/c1-9(2)11-4-5-13(8-11)7-10(3)6-12/h9-11H,4-8H2,1-3H3. The Bertz CT molecular complexity index is 147. The zero-order valence-corrected chi connectivity index (χ0v) is 10.7. The van der Waals surface area contributed by atoms with E-state index in [4.69, 9.17) is 0 Å². The summed E-state index contributed by atoms with van der Waals surface area (Å²) in [6.07, 6.45) is 1.41. The van der Waals surface area contributed by atoms with E-state index in [1.165, 1.54) is 26.1 Å². The molecule has 13 heavy (non-hydrogen) atoms. The highest BCUT2D eigenvalue weighted by molar-refractivity contribution is 9.09. The van der Waals surface area contributed by atoms with E-state index >= 15 is 0 Å². The van der Waals surface area contributed by atoms with Crippen LogP contribution in [0.4, 0.5) is 0 Å². The van der Waals surface area contributed by atoms with E-state index in [2.05, 4.69) is 41.6 Å². The number of nitrogens with zero attached hydrogens (tertiary/aromatic N) is 1. The molecule has 0 aromatic rings. The molecule has 0 bridgehead atoms. The second kappa shape index (κ2) is 5.35. The van der Waals surface area contributed by atoms with E-state index in [9.17, 15) is 0 Å². The van der Waals surface area contributed by atoms with E-state index < -0.39 is 0 Å². The second-order valence-corrected chi connectivity index (χ2v) is 5.46. The Hall–Kier alpha value is 0.440. The third-order valence-electron chi connectivity index (χ3n) is 3.08. The van der Waals surface area contributed by atoms with Gasteiger partial charge in [-0.1, -0.05) is 36.7 Å². The van der Waals surface area contributed by atoms with Gasteiger partial charge in [-0.15, -0.1) is 0 Å². The normalized spacial score (nSPS) is 27.0. The van der Waals surface area contributed by atoms with Gasteiger partial charge >= 0.3 is 0 Å². The lowest BCUT2D eigenvalue weighted by Crippen LogP contribution is -2.27. The highest BCUT2D eigenvalue weighted by atomic mass is 79.9. The average molecular weight is 248 g/mol. The Kier molecular flexibility index (Phi) is 4.74. The minimum Gasteiger partial charge on any atom is -0.303 e. The van der Waals surface area contributed by atoms with Crippen molar-refractivity contribution in [3.05, 3.63) is 0 Å². The quantitative estimate of drug-likeness (QED) is 0.691. The molecule has 0 aromatic heterocycles. The summed E-state index contributed by atoms with van der Waals surface area (Å²) in [6.45, 7) is 10.9. The van der Waals surface area contributed by atoms with Crippen LogP contribution in [-0.2, 0) is 0 Å². The van der Waals surface area contributed by atoms with Crippen LogP contribution in [0.25, 0.3) is 0 Å². The summed E-state index contributed by atoms with van der Waals surface area (Å²) in [5.41, 5.74) is 0. The predicted molar refractivity (Wildman–Crippen MR) is 62.3 cm³/mol. The zero-order valence-electron chi connectivity index (χ0n) is 9.09. The fourth-order valence-electron chi connectivity index (χ4n) is 2.06. The first-order chi connectivity index (χ1) is 6.13. The summed E-state index contributed by atoms with van der Waals surface area (Å²) in [5.74, 6) is 2.61. The summed E-state index contributed by atoms with van der Waals surface area (Å²) >= 11 is 3.54. The average Bonchev–Trinajstić information content (AvgIpc) is 2.52. The molecule has 1 aliphatic heterocycles. The maximum Gasteiger partial charge on any atom is 0.00692 e. The molecule has 1 nitrogen and oxygen atoms in total. The van der Waals surface area contributed by atoms with Gasteiger partial charge in [0, 0.05) is 18.4 Å².